The lowest BCUT2D eigenvalue weighted by Gasteiger charge is -2.08. The average Bonchev–Trinajstić information content (AvgIpc) is 2.16. The van der Waals surface area contributed by atoms with Crippen molar-refractivity contribution in [3.8, 4) is 0 Å². The monoisotopic (exact) mass is 177 g/mol. The molecule has 0 fully saturated rings. The molecular weight excluding hydrogens is 166 g/mol. The Bertz CT molecular complexity index is 333. The number of carbonyl (C=O) groups is 1. The van der Waals surface area contributed by atoms with E-state index in [1.54, 1.807) is 24.3 Å². The topological polar surface area (TPSA) is 63.3 Å². The van der Waals surface area contributed by atoms with Gasteiger partial charge in [-0.2, -0.15) is 0 Å². The van der Waals surface area contributed by atoms with Crippen molar-refractivity contribution in [2.75, 3.05) is 0 Å². The Kier molecular flexibility index (Phi) is 2.82. The van der Waals surface area contributed by atoms with Crippen LogP contribution in [-0.4, -0.2) is 11.0 Å². The van der Waals surface area contributed by atoms with Gasteiger partial charge in [-0.05, 0) is 11.6 Å². The Morgan fingerprint density at radius 3 is 2.69 bits per heavy atom. The van der Waals surface area contributed by atoms with Gasteiger partial charge in [0.25, 0.3) is 0 Å². The van der Waals surface area contributed by atoms with Crippen molar-refractivity contribution in [1.29, 1.82) is 0 Å². The molecule has 0 saturated heterocycles. The summed E-state index contributed by atoms with van der Waals surface area (Å²) < 4.78 is 0. The van der Waals surface area contributed by atoms with Gasteiger partial charge in [-0.15, -0.1) is 6.58 Å². The number of nitrogens with two attached hydrogens (primary N) is 1. The van der Waals surface area contributed by atoms with Crippen LogP contribution in [0.1, 0.15) is 22.0 Å². The third-order valence-corrected chi connectivity index (χ3v) is 1.77. The van der Waals surface area contributed by atoms with E-state index in [4.69, 9.17) is 5.73 Å². The van der Waals surface area contributed by atoms with Gasteiger partial charge in [0.2, 0.25) is 5.91 Å². The molecule has 1 aromatic rings. The first-order chi connectivity index (χ1) is 6.16. The number of rotatable bonds is 3. The van der Waals surface area contributed by atoms with E-state index in [1.165, 1.54) is 6.08 Å². The fraction of sp³-hybridized carbons (Fsp3) is 0.100. The zero-order chi connectivity index (χ0) is 9.84. The van der Waals surface area contributed by atoms with E-state index in [2.05, 4.69) is 6.58 Å². The second-order valence-electron chi connectivity index (χ2n) is 2.63. The molecule has 0 aromatic heterocycles. The Morgan fingerprint density at radius 2 is 2.15 bits per heavy atom. The molecule has 13 heavy (non-hydrogen) atoms. The Balaban J connectivity index is 3.19. The summed E-state index contributed by atoms with van der Waals surface area (Å²) in [5, 5.41) is 9.43. The highest BCUT2D eigenvalue weighted by Crippen LogP contribution is 2.17. The van der Waals surface area contributed by atoms with Crippen LogP contribution in [0, 0.1) is 0 Å². The molecule has 1 aromatic carbocycles. The SMILES string of the molecule is C=CC(O)c1ccccc1C(N)=O. The van der Waals surface area contributed by atoms with Crippen LogP contribution in [0.15, 0.2) is 36.9 Å². The largest absolute Gasteiger partial charge is 0.384 e. The van der Waals surface area contributed by atoms with Crippen LogP contribution in [0.3, 0.4) is 0 Å². The highest BCUT2D eigenvalue weighted by atomic mass is 16.3. The second-order valence-corrected chi connectivity index (χ2v) is 2.63. The van der Waals surface area contributed by atoms with Crippen molar-refractivity contribution < 1.29 is 9.90 Å². The Labute approximate surface area is 76.5 Å². The highest BCUT2D eigenvalue weighted by Gasteiger charge is 2.11. The molecule has 1 rings (SSSR count). The summed E-state index contributed by atoms with van der Waals surface area (Å²) in [4.78, 5) is 10.9. The first-order valence-electron chi connectivity index (χ1n) is 3.86. The van der Waals surface area contributed by atoms with Crippen LogP contribution >= 0.6 is 0 Å². The summed E-state index contributed by atoms with van der Waals surface area (Å²) in [7, 11) is 0. The smallest absolute Gasteiger partial charge is 0.249 e. The van der Waals surface area contributed by atoms with Crippen molar-refractivity contribution in [2.24, 2.45) is 5.73 Å². The first kappa shape index (κ1) is 9.48. The zero-order valence-corrected chi connectivity index (χ0v) is 7.10. The molecule has 3 N–H and O–H groups in total. The number of aliphatic hydroxyl groups is 1. The van der Waals surface area contributed by atoms with Gasteiger partial charge in [0.15, 0.2) is 0 Å². The van der Waals surface area contributed by atoms with E-state index < -0.39 is 12.0 Å². The van der Waals surface area contributed by atoms with Gasteiger partial charge in [-0.25, -0.2) is 0 Å². The normalized spacial score (nSPS) is 12.1. The molecular formula is C10H11NO2. The molecule has 1 unspecified atom stereocenters. The summed E-state index contributed by atoms with van der Waals surface area (Å²) >= 11 is 0. The van der Waals surface area contributed by atoms with Crippen LogP contribution in [0.5, 0.6) is 0 Å². The maximum absolute atomic E-state index is 10.9. The number of hydrogen-bond donors (Lipinski definition) is 2. The molecule has 0 saturated carbocycles. The number of amides is 1. The minimum atomic E-state index is -0.844. The van der Waals surface area contributed by atoms with Crippen molar-refractivity contribution in [1.82, 2.24) is 0 Å². The van der Waals surface area contributed by atoms with Crippen molar-refractivity contribution in [2.45, 2.75) is 6.10 Å². The number of hydrogen-bond acceptors (Lipinski definition) is 2. The lowest BCUT2D eigenvalue weighted by atomic mass is 10.0. The molecule has 1 amide bonds. The number of carbonyl (C=O) groups excluding carboxylic acids is 1. The summed E-state index contributed by atoms with van der Waals surface area (Å²) in [6, 6.07) is 6.64. The summed E-state index contributed by atoms with van der Waals surface area (Å²) in [5.74, 6) is -0.545. The minimum Gasteiger partial charge on any atom is -0.384 e. The van der Waals surface area contributed by atoms with Gasteiger partial charge in [0.1, 0.15) is 0 Å². The van der Waals surface area contributed by atoms with Crippen molar-refractivity contribution >= 4 is 5.91 Å². The van der Waals surface area contributed by atoms with Crippen molar-refractivity contribution in [3.05, 3.63) is 48.0 Å². The Hall–Kier alpha value is -1.61. The predicted octanol–water partition coefficient (Wildman–Crippen LogP) is 1.00. The van der Waals surface area contributed by atoms with E-state index in [0.717, 1.165) is 0 Å². The molecule has 0 aliphatic heterocycles. The molecule has 0 aliphatic carbocycles. The van der Waals surface area contributed by atoms with Gasteiger partial charge < -0.3 is 10.8 Å². The van der Waals surface area contributed by atoms with E-state index >= 15 is 0 Å². The van der Waals surface area contributed by atoms with Crippen LogP contribution in [0.2, 0.25) is 0 Å². The molecule has 1 atom stereocenters. The molecule has 0 bridgehead atoms. The Morgan fingerprint density at radius 1 is 1.54 bits per heavy atom. The number of primary amides is 1. The highest BCUT2D eigenvalue weighted by molar-refractivity contribution is 5.94. The summed E-state index contributed by atoms with van der Waals surface area (Å²) in [5.41, 5.74) is 5.94. The standard InChI is InChI=1S/C10H11NO2/c1-2-9(12)7-5-3-4-6-8(7)10(11)13/h2-6,9,12H,1H2,(H2,11,13). The number of aliphatic hydroxyl groups excluding tert-OH is 1. The third kappa shape index (κ3) is 1.95. The molecule has 3 heteroatoms. The van der Waals surface area contributed by atoms with Gasteiger partial charge in [0.05, 0.1) is 6.10 Å². The maximum Gasteiger partial charge on any atom is 0.249 e. The predicted molar refractivity (Wildman–Crippen MR) is 50.1 cm³/mol. The quantitative estimate of drug-likeness (QED) is 0.676. The minimum absolute atomic E-state index is 0.329. The lowest BCUT2D eigenvalue weighted by Crippen LogP contribution is -2.14. The molecule has 0 radical (unpaired) electrons. The molecule has 0 aliphatic rings. The van der Waals surface area contributed by atoms with E-state index in [9.17, 15) is 9.90 Å². The van der Waals surface area contributed by atoms with Crippen molar-refractivity contribution in [3.63, 3.8) is 0 Å². The molecule has 68 valence electrons. The van der Waals surface area contributed by atoms with E-state index in [0.29, 0.717) is 11.1 Å². The van der Waals surface area contributed by atoms with Crippen LogP contribution < -0.4 is 5.73 Å². The van der Waals surface area contributed by atoms with Crippen LogP contribution in [-0.2, 0) is 0 Å². The van der Waals surface area contributed by atoms with Crippen LogP contribution in [0.25, 0.3) is 0 Å². The fourth-order valence-corrected chi connectivity index (χ4v) is 1.11. The third-order valence-electron chi connectivity index (χ3n) is 1.77. The van der Waals surface area contributed by atoms with Gasteiger partial charge >= 0.3 is 0 Å². The first-order valence-corrected chi connectivity index (χ1v) is 3.86. The van der Waals surface area contributed by atoms with Gasteiger partial charge in [0, 0.05) is 5.56 Å². The van der Waals surface area contributed by atoms with Gasteiger partial charge in [-0.3, -0.25) is 4.79 Å². The maximum atomic E-state index is 10.9. The molecule has 0 spiro atoms. The lowest BCUT2D eigenvalue weighted by molar-refractivity contribution is 0.0995. The van der Waals surface area contributed by atoms with E-state index in [-0.39, 0.29) is 0 Å². The summed E-state index contributed by atoms with van der Waals surface area (Å²) in [6.45, 7) is 3.44. The van der Waals surface area contributed by atoms with Gasteiger partial charge in [-0.1, -0.05) is 24.3 Å². The second kappa shape index (κ2) is 3.87. The van der Waals surface area contributed by atoms with Crippen LogP contribution in [0.4, 0.5) is 0 Å². The average molecular weight is 177 g/mol. The zero-order valence-electron chi connectivity index (χ0n) is 7.10. The molecule has 3 nitrogen and oxygen atoms in total. The number of benzene rings is 1. The summed E-state index contributed by atoms with van der Waals surface area (Å²) in [6.07, 6.45) is 0.505. The van der Waals surface area contributed by atoms with E-state index in [1.807, 2.05) is 0 Å². The molecule has 0 heterocycles. The fourth-order valence-electron chi connectivity index (χ4n) is 1.11.